The Kier molecular flexibility index (Phi) is 5.98. The van der Waals surface area contributed by atoms with E-state index in [4.69, 9.17) is 16.9 Å². The molecular formula is C24H16ClF6N5O3. The van der Waals surface area contributed by atoms with Crippen molar-refractivity contribution in [3.05, 3.63) is 57.6 Å². The summed E-state index contributed by atoms with van der Waals surface area (Å²) in [7, 11) is 0. The topological polar surface area (TPSA) is 96.8 Å². The van der Waals surface area contributed by atoms with Crippen molar-refractivity contribution < 1.29 is 40.7 Å². The molecule has 3 aliphatic heterocycles. The van der Waals surface area contributed by atoms with Crippen molar-refractivity contribution in [1.82, 2.24) is 9.80 Å². The first-order chi connectivity index (χ1) is 18.1. The van der Waals surface area contributed by atoms with E-state index >= 15 is 0 Å². The molecule has 8 nitrogen and oxygen atoms in total. The molecular weight excluding hydrogens is 556 g/mol. The molecule has 2 bridgehead atoms. The number of benzene rings is 2. The highest BCUT2D eigenvalue weighted by atomic mass is 35.5. The van der Waals surface area contributed by atoms with Crippen molar-refractivity contribution in [2.45, 2.75) is 43.8 Å². The molecule has 0 aromatic heterocycles. The Morgan fingerprint density at radius 3 is 2.26 bits per heavy atom. The van der Waals surface area contributed by atoms with Crippen molar-refractivity contribution in [3.8, 4) is 6.07 Å². The Balaban J connectivity index is 1.41. The number of imide groups is 1. The highest BCUT2D eigenvalue weighted by molar-refractivity contribution is 6.33. The first-order valence-corrected chi connectivity index (χ1v) is 11.7. The summed E-state index contributed by atoms with van der Waals surface area (Å²) in [6.07, 6.45) is -9.99. The number of anilines is 2. The van der Waals surface area contributed by atoms with Crippen LogP contribution >= 0.6 is 11.6 Å². The van der Waals surface area contributed by atoms with Crippen LogP contribution in [0.3, 0.4) is 0 Å². The molecule has 0 aliphatic carbocycles. The van der Waals surface area contributed by atoms with Crippen LogP contribution < -0.4 is 10.2 Å². The first-order valence-electron chi connectivity index (χ1n) is 11.4. The van der Waals surface area contributed by atoms with Crippen LogP contribution in [-0.4, -0.2) is 52.4 Å². The zero-order valence-electron chi connectivity index (χ0n) is 19.7. The number of amides is 5. The number of nitriles is 1. The quantitative estimate of drug-likeness (QED) is 0.386. The number of fused-ring (bicyclic) bond motifs is 5. The lowest BCUT2D eigenvalue weighted by Gasteiger charge is -2.34. The third kappa shape index (κ3) is 4.21. The normalized spacial score (nSPS) is 22.4. The number of urea groups is 2. The molecule has 0 radical (unpaired) electrons. The maximum atomic E-state index is 13.4. The number of halogens is 7. The number of hydrogen-bond acceptors (Lipinski definition) is 4. The molecule has 3 atom stereocenters. The molecule has 15 heteroatoms. The fraction of sp³-hybridized carbons (Fsp3) is 0.333. The van der Waals surface area contributed by atoms with E-state index in [9.17, 15) is 40.7 Å². The molecule has 3 aliphatic rings. The molecule has 3 fully saturated rings. The van der Waals surface area contributed by atoms with Crippen LogP contribution in [0.15, 0.2) is 30.3 Å². The van der Waals surface area contributed by atoms with Gasteiger partial charge in [0.05, 0.1) is 39.5 Å². The number of nitrogens with one attached hydrogen (secondary N) is 1. The van der Waals surface area contributed by atoms with Crippen molar-refractivity contribution in [2.24, 2.45) is 0 Å². The zero-order valence-corrected chi connectivity index (χ0v) is 20.4. The molecule has 2 aromatic carbocycles. The molecule has 3 heterocycles. The molecule has 0 spiro atoms. The number of hydrogen-bond donors (Lipinski definition) is 1. The Morgan fingerprint density at radius 2 is 1.69 bits per heavy atom. The van der Waals surface area contributed by atoms with Gasteiger partial charge in [-0.15, -0.1) is 0 Å². The summed E-state index contributed by atoms with van der Waals surface area (Å²) >= 11 is 6.20. The van der Waals surface area contributed by atoms with Crippen molar-refractivity contribution in [2.75, 3.05) is 16.8 Å². The van der Waals surface area contributed by atoms with Crippen LogP contribution in [0.2, 0.25) is 5.02 Å². The second kappa shape index (κ2) is 8.77. The smallest absolute Gasteiger partial charge is 0.317 e. The first kappa shape index (κ1) is 26.6. The van der Waals surface area contributed by atoms with E-state index in [0.717, 1.165) is 9.80 Å². The third-order valence-electron chi connectivity index (χ3n) is 7.08. The predicted octanol–water partition coefficient (Wildman–Crippen LogP) is 5.38. The summed E-state index contributed by atoms with van der Waals surface area (Å²) in [6.45, 7) is 1.44. The second-order valence-electron chi connectivity index (χ2n) is 9.33. The molecule has 3 unspecified atom stereocenters. The molecule has 5 amide bonds. The number of likely N-dealkylation sites (tertiary alicyclic amines) is 1. The summed E-state index contributed by atoms with van der Waals surface area (Å²) in [5.74, 6) is -0.674. The minimum atomic E-state index is -5.10. The van der Waals surface area contributed by atoms with Gasteiger partial charge in [-0.05, 0) is 49.2 Å². The highest BCUT2D eigenvalue weighted by Gasteiger charge is 2.63. The monoisotopic (exact) mass is 571 g/mol. The molecule has 2 aromatic rings. The minimum absolute atomic E-state index is 0.0554. The largest absolute Gasteiger partial charge is 0.416 e. The summed E-state index contributed by atoms with van der Waals surface area (Å²) in [5.41, 5.74) is -3.30. The lowest BCUT2D eigenvalue weighted by Crippen LogP contribution is -2.55. The van der Waals surface area contributed by atoms with Crippen LogP contribution in [0.4, 0.5) is 47.3 Å². The number of carbonyl (C=O) groups is 3. The van der Waals surface area contributed by atoms with Gasteiger partial charge in [0.15, 0.2) is 0 Å². The van der Waals surface area contributed by atoms with Crippen LogP contribution in [-0.2, 0) is 17.1 Å². The molecule has 0 saturated carbocycles. The van der Waals surface area contributed by atoms with Gasteiger partial charge >= 0.3 is 24.4 Å². The standard InChI is InChI=1S/C24H16ClF6N5O3/c1-10-16(3-2-11(8-32)18(10)25)36-20(37)19-17-7-15(35(19)22(36)39)9-34(17)21(38)33-14-5-12(23(26,27)28)4-13(6-14)24(29,30)31/h2-6,15,17,19H,7,9H2,1H3,(H,33,38). The number of rotatable bonds is 2. The van der Waals surface area contributed by atoms with E-state index < -0.39 is 65.3 Å². The van der Waals surface area contributed by atoms with Gasteiger partial charge in [0.2, 0.25) is 0 Å². The van der Waals surface area contributed by atoms with Crippen LogP contribution in [0.1, 0.15) is 28.7 Å². The predicted molar refractivity (Wildman–Crippen MR) is 124 cm³/mol. The van der Waals surface area contributed by atoms with Gasteiger partial charge in [0, 0.05) is 12.2 Å². The lowest BCUT2D eigenvalue weighted by atomic mass is 10.1. The van der Waals surface area contributed by atoms with Gasteiger partial charge in [-0.25, -0.2) is 14.5 Å². The van der Waals surface area contributed by atoms with Crippen LogP contribution in [0.25, 0.3) is 0 Å². The van der Waals surface area contributed by atoms with Gasteiger partial charge in [-0.1, -0.05) is 11.6 Å². The molecule has 39 heavy (non-hydrogen) atoms. The third-order valence-corrected chi connectivity index (χ3v) is 7.57. The number of alkyl halides is 6. The second-order valence-corrected chi connectivity index (χ2v) is 9.70. The Hall–Kier alpha value is -3.99. The molecule has 204 valence electrons. The van der Waals surface area contributed by atoms with E-state index in [2.05, 4.69) is 5.32 Å². The number of piperazine rings is 1. The SMILES string of the molecule is Cc1c(N2C(=O)C3C4CC(CN4C(=O)Nc4cc(C(F)(F)F)cc(C(F)(F)F)c4)N3C2=O)ccc(C#N)c1Cl. The number of nitrogens with zero attached hydrogens (tertiary/aromatic N) is 4. The molecule has 5 rings (SSSR count). The van der Waals surface area contributed by atoms with Crippen molar-refractivity contribution >= 4 is 40.9 Å². The number of carbonyl (C=O) groups excluding carboxylic acids is 3. The molecule has 1 N–H and O–H groups in total. The lowest BCUT2D eigenvalue weighted by molar-refractivity contribution is -0.143. The van der Waals surface area contributed by atoms with Gasteiger partial charge in [0.25, 0.3) is 5.91 Å². The maximum absolute atomic E-state index is 13.4. The summed E-state index contributed by atoms with van der Waals surface area (Å²) in [4.78, 5) is 43.0. The van der Waals surface area contributed by atoms with Gasteiger partial charge in [-0.3, -0.25) is 4.79 Å². The maximum Gasteiger partial charge on any atom is 0.416 e. The van der Waals surface area contributed by atoms with Crippen LogP contribution in [0.5, 0.6) is 0 Å². The minimum Gasteiger partial charge on any atom is -0.317 e. The fourth-order valence-electron chi connectivity index (χ4n) is 5.34. The average Bonchev–Trinajstić information content (AvgIpc) is 3.51. The van der Waals surface area contributed by atoms with Gasteiger partial charge in [-0.2, -0.15) is 31.6 Å². The Morgan fingerprint density at radius 1 is 1.08 bits per heavy atom. The van der Waals surface area contributed by atoms with Crippen molar-refractivity contribution in [3.63, 3.8) is 0 Å². The van der Waals surface area contributed by atoms with E-state index in [-0.39, 0.29) is 35.3 Å². The van der Waals surface area contributed by atoms with E-state index in [1.807, 2.05) is 6.07 Å². The van der Waals surface area contributed by atoms with Crippen LogP contribution in [0, 0.1) is 18.3 Å². The van der Waals surface area contributed by atoms with E-state index in [1.54, 1.807) is 0 Å². The molecule has 3 saturated heterocycles. The fourth-order valence-corrected chi connectivity index (χ4v) is 5.54. The van der Waals surface area contributed by atoms with Crippen molar-refractivity contribution in [1.29, 1.82) is 5.26 Å². The Labute approximate surface area is 221 Å². The Bertz CT molecular complexity index is 1440. The summed E-state index contributed by atoms with van der Waals surface area (Å²) in [5, 5.41) is 11.3. The van der Waals surface area contributed by atoms with Gasteiger partial charge < -0.3 is 15.1 Å². The average molecular weight is 572 g/mol. The summed E-state index contributed by atoms with van der Waals surface area (Å²) in [6, 6.07) is 1.12. The van der Waals surface area contributed by atoms with E-state index in [0.29, 0.717) is 17.7 Å². The highest BCUT2D eigenvalue weighted by Crippen LogP contribution is 2.44. The van der Waals surface area contributed by atoms with E-state index in [1.165, 1.54) is 24.0 Å². The summed E-state index contributed by atoms with van der Waals surface area (Å²) < 4.78 is 79.2. The zero-order chi connectivity index (χ0) is 28.6. The van der Waals surface area contributed by atoms with Gasteiger partial charge in [0.1, 0.15) is 12.1 Å².